The number of halogens is 1. The number of hydrogen-bond donors (Lipinski definition) is 1. The maximum absolute atomic E-state index is 11.5. The third kappa shape index (κ3) is 3.25. The van der Waals surface area contributed by atoms with Gasteiger partial charge in [-0.2, -0.15) is 0 Å². The number of nitrogens with zero attached hydrogens (tertiary/aromatic N) is 1. The van der Waals surface area contributed by atoms with Gasteiger partial charge in [0.05, 0.1) is 24.4 Å². The predicted octanol–water partition coefficient (Wildman–Crippen LogP) is 1.13. The molecule has 0 bridgehead atoms. The van der Waals surface area contributed by atoms with E-state index < -0.39 is 0 Å². The van der Waals surface area contributed by atoms with Crippen molar-refractivity contribution >= 4 is 28.8 Å². The molecule has 6 heteroatoms. The zero-order valence-electron chi connectivity index (χ0n) is 7.70. The standard InChI is InChI=1S/C8H11ClN2O2S/c1-13-4-6(2-9)11-8(12)7-3-10-5-14-7/h3,5-6H,2,4H2,1H3,(H,11,12). The van der Waals surface area contributed by atoms with Crippen LogP contribution >= 0.6 is 22.9 Å². The van der Waals surface area contributed by atoms with Crippen molar-refractivity contribution in [2.75, 3.05) is 19.6 Å². The Balaban J connectivity index is 2.47. The van der Waals surface area contributed by atoms with Gasteiger partial charge in [0.15, 0.2) is 0 Å². The molecule has 1 unspecified atom stereocenters. The van der Waals surface area contributed by atoms with Crippen LogP contribution in [-0.2, 0) is 4.74 Å². The van der Waals surface area contributed by atoms with Gasteiger partial charge in [-0.3, -0.25) is 9.78 Å². The molecular weight excluding hydrogens is 224 g/mol. The van der Waals surface area contributed by atoms with Gasteiger partial charge in [-0.25, -0.2) is 0 Å². The molecule has 0 saturated carbocycles. The molecule has 0 saturated heterocycles. The van der Waals surface area contributed by atoms with Crippen LogP contribution in [0.4, 0.5) is 0 Å². The highest BCUT2D eigenvalue weighted by Gasteiger charge is 2.13. The Hall–Kier alpha value is -0.650. The zero-order chi connectivity index (χ0) is 10.4. The number of alkyl halides is 1. The van der Waals surface area contributed by atoms with Crippen LogP contribution in [0.2, 0.25) is 0 Å². The van der Waals surface area contributed by atoms with E-state index in [1.54, 1.807) is 12.6 Å². The Labute approximate surface area is 91.2 Å². The number of aromatic nitrogens is 1. The first-order valence-corrected chi connectivity index (χ1v) is 5.43. The second kappa shape index (κ2) is 5.95. The van der Waals surface area contributed by atoms with Crippen molar-refractivity contribution in [2.24, 2.45) is 0 Å². The second-order valence-electron chi connectivity index (χ2n) is 2.65. The maximum atomic E-state index is 11.5. The summed E-state index contributed by atoms with van der Waals surface area (Å²) in [6.45, 7) is 0.411. The molecule has 0 aliphatic rings. The van der Waals surface area contributed by atoms with E-state index in [0.717, 1.165) is 0 Å². The molecule has 1 amide bonds. The van der Waals surface area contributed by atoms with E-state index in [9.17, 15) is 4.79 Å². The summed E-state index contributed by atoms with van der Waals surface area (Å²) in [6.07, 6.45) is 1.53. The van der Waals surface area contributed by atoms with Crippen LogP contribution in [0.3, 0.4) is 0 Å². The highest BCUT2D eigenvalue weighted by atomic mass is 35.5. The van der Waals surface area contributed by atoms with Crippen molar-refractivity contribution < 1.29 is 9.53 Å². The predicted molar refractivity (Wildman–Crippen MR) is 56.0 cm³/mol. The summed E-state index contributed by atoms with van der Waals surface area (Å²) in [5.41, 5.74) is 1.61. The SMILES string of the molecule is COCC(CCl)NC(=O)c1cncs1. The molecule has 78 valence electrons. The van der Waals surface area contributed by atoms with Gasteiger partial charge in [0.2, 0.25) is 0 Å². The normalized spacial score (nSPS) is 12.4. The molecule has 0 aliphatic heterocycles. The molecule has 0 radical (unpaired) electrons. The summed E-state index contributed by atoms with van der Waals surface area (Å²) in [5, 5.41) is 2.74. The number of hydrogen-bond acceptors (Lipinski definition) is 4. The molecule has 0 aliphatic carbocycles. The van der Waals surface area contributed by atoms with Gasteiger partial charge in [-0.05, 0) is 0 Å². The minimum absolute atomic E-state index is 0.156. The van der Waals surface area contributed by atoms with Crippen LogP contribution in [0.25, 0.3) is 0 Å². The molecule has 1 rings (SSSR count). The number of carbonyl (C=O) groups is 1. The van der Waals surface area contributed by atoms with Crippen molar-refractivity contribution in [3.8, 4) is 0 Å². The quantitative estimate of drug-likeness (QED) is 0.777. The summed E-state index contributed by atoms with van der Waals surface area (Å²) < 4.78 is 4.90. The van der Waals surface area contributed by atoms with E-state index in [4.69, 9.17) is 16.3 Å². The van der Waals surface area contributed by atoms with Gasteiger partial charge in [-0.15, -0.1) is 22.9 Å². The molecule has 14 heavy (non-hydrogen) atoms. The lowest BCUT2D eigenvalue weighted by molar-refractivity contribution is 0.0910. The number of thiazole rings is 1. The van der Waals surface area contributed by atoms with Crippen LogP contribution in [0.5, 0.6) is 0 Å². The summed E-state index contributed by atoms with van der Waals surface area (Å²) >= 11 is 6.94. The first kappa shape index (κ1) is 11.4. The molecule has 1 atom stereocenters. The number of nitrogens with one attached hydrogen (secondary N) is 1. The molecule has 1 aromatic heterocycles. The fraction of sp³-hybridized carbons (Fsp3) is 0.500. The van der Waals surface area contributed by atoms with Crippen LogP contribution < -0.4 is 5.32 Å². The number of rotatable bonds is 5. The number of amides is 1. The lowest BCUT2D eigenvalue weighted by Crippen LogP contribution is -2.39. The average Bonchev–Trinajstić information content (AvgIpc) is 2.69. The Morgan fingerprint density at radius 1 is 1.86 bits per heavy atom. The van der Waals surface area contributed by atoms with Crippen LogP contribution in [-0.4, -0.2) is 36.5 Å². The summed E-state index contributed by atoms with van der Waals surface area (Å²) in [5.74, 6) is 0.175. The lowest BCUT2D eigenvalue weighted by Gasteiger charge is -2.13. The average molecular weight is 235 g/mol. The first-order chi connectivity index (χ1) is 6.77. The van der Waals surface area contributed by atoms with Crippen molar-refractivity contribution in [1.29, 1.82) is 0 Å². The molecule has 1 heterocycles. The molecule has 1 aromatic rings. The summed E-state index contributed by atoms with van der Waals surface area (Å²) in [7, 11) is 1.57. The van der Waals surface area contributed by atoms with E-state index in [1.165, 1.54) is 17.5 Å². The van der Waals surface area contributed by atoms with E-state index in [0.29, 0.717) is 17.4 Å². The maximum Gasteiger partial charge on any atom is 0.263 e. The second-order valence-corrected chi connectivity index (χ2v) is 3.84. The number of carbonyl (C=O) groups excluding carboxylic acids is 1. The Morgan fingerprint density at radius 2 is 2.64 bits per heavy atom. The van der Waals surface area contributed by atoms with E-state index in [1.807, 2.05) is 0 Å². The topological polar surface area (TPSA) is 51.2 Å². The molecular formula is C8H11ClN2O2S. The Morgan fingerprint density at radius 3 is 3.14 bits per heavy atom. The van der Waals surface area contributed by atoms with Crippen molar-refractivity contribution in [2.45, 2.75) is 6.04 Å². The molecule has 4 nitrogen and oxygen atoms in total. The van der Waals surface area contributed by atoms with Crippen molar-refractivity contribution in [1.82, 2.24) is 10.3 Å². The van der Waals surface area contributed by atoms with E-state index in [-0.39, 0.29) is 11.9 Å². The number of ether oxygens (including phenoxy) is 1. The van der Waals surface area contributed by atoms with Gasteiger partial charge in [0.25, 0.3) is 5.91 Å². The minimum Gasteiger partial charge on any atom is -0.383 e. The summed E-state index contributed by atoms with van der Waals surface area (Å²) in [6, 6.07) is -0.156. The largest absolute Gasteiger partial charge is 0.383 e. The first-order valence-electron chi connectivity index (χ1n) is 4.02. The molecule has 1 N–H and O–H groups in total. The fourth-order valence-electron chi connectivity index (χ4n) is 0.910. The van der Waals surface area contributed by atoms with Crippen molar-refractivity contribution in [3.05, 3.63) is 16.6 Å². The van der Waals surface area contributed by atoms with Gasteiger partial charge in [0, 0.05) is 13.0 Å². The van der Waals surface area contributed by atoms with Crippen LogP contribution in [0, 0.1) is 0 Å². The van der Waals surface area contributed by atoms with Gasteiger partial charge >= 0.3 is 0 Å². The molecule has 0 fully saturated rings. The van der Waals surface area contributed by atoms with E-state index in [2.05, 4.69) is 10.3 Å². The third-order valence-electron chi connectivity index (χ3n) is 1.55. The van der Waals surface area contributed by atoms with Crippen LogP contribution in [0.15, 0.2) is 11.7 Å². The minimum atomic E-state index is -0.157. The molecule has 0 aromatic carbocycles. The molecule has 0 spiro atoms. The monoisotopic (exact) mass is 234 g/mol. The van der Waals surface area contributed by atoms with E-state index >= 15 is 0 Å². The third-order valence-corrected chi connectivity index (χ3v) is 2.69. The zero-order valence-corrected chi connectivity index (χ0v) is 9.27. The van der Waals surface area contributed by atoms with Gasteiger partial charge in [-0.1, -0.05) is 0 Å². The Kier molecular flexibility index (Phi) is 4.86. The van der Waals surface area contributed by atoms with Crippen LogP contribution in [0.1, 0.15) is 9.67 Å². The smallest absolute Gasteiger partial charge is 0.263 e. The van der Waals surface area contributed by atoms with Gasteiger partial charge in [0.1, 0.15) is 4.88 Å². The van der Waals surface area contributed by atoms with Crippen molar-refractivity contribution in [3.63, 3.8) is 0 Å². The number of methoxy groups -OCH3 is 1. The Bertz CT molecular complexity index is 279. The fourth-order valence-corrected chi connectivity index (χ4v) is 1.60. The van der Waals surface area contributed by atoms with Gasteiger partial charge < -0.3 is 10.1 Å². The highest BCUT2D eigenvalue weighted by Crippen LogP contribution is 2.05. The lowest BCUT2D eigenvalue weighted by atomic mass is 10.3. The highest BCUT2D eigenvalue weighted by molar-refractivity contribution is 7.11. The summed E-state index contributed by atoms with van der Waals surface area (Å²) in [4.78, 5) is 15.9.